The van der Waals surface area contributed by atoms with E-state index in [1.54, 1.807) is 13.0 Å². The van der Waals surface area contributed by atoms with Crippen molar-refractivity contribution in [2.75, 3.05) is 5.32 Å². The number of nitrogens with zero attached hydrogens (tertiary/aromatic N) is 3. The molecule has 3 rings (SSSR count). The number of nitro benzene ring substituents is 1. The van der Waals surface area contributed by atoms with Crippen molar-refractivity contribution < 1.29 is 14.5 Å². The summed E-state index contributed by atoms with van der Waals surface area (Å²) >= 11 is 0. The molecule has 0 saturated carbocycles. The van der Waals surface area contributed by atoms with Crippen molar-refractivity contribution in [3.05, 3.63) is 51.2 Å². The third kappa shape index (κ3) is 3.97. The van der Waals surface area contributed by atoms with Crippen LogP contribution in [0.5, 0.6) is 0 Å². The Morgan fingerprint density at radius 3 is 2.72 bits per heavy atom. The van der Waals surface area contributed by atoms with E-state index in [1.807, 2.05) is 13.8 Å². The molecule has 0 aliphatic carbocycles. The van der Waals surface area contributed by atoms with E-state index >= 15 is 0 Å². The third-order valence-corrected chi connectivity index (χ3v) is 5.17. The number of carbonyl (C=O) groups is 2. The lowest BCUT2D eigenvalue weighted by Gasteiger charge is -2.35. The number of aryl methyl sites for hydroxylation is 1. The van der Waals surface area contributed by atoms with Gasteiger partial charge in [-0.2, -0.15) is 5.10 Å². The molecule has 2 aromatic rings. The van der Waals surface area contributed by atoms with Gasteiger partial charge in [0.2, 0.25) is 5.91 Å². The van der Waals surface area contributed by atoms with E-state index < -0.39 is 17.1 Å². The maximum Gasteiger partial charge on any atom is 0.273 e. The predicted molar refractivity (Wildman–Crippen MR) is 106 cm³/mol. The van der Waals surface area contributed by atoms with E-state index in [0.717, 1.165) is 0 Å². The molecule has 1 aromatic heterocycles. The molecule has 3 atom stereocenters. The molecular weight excluding hydrogens is 376 g/mol. The van der Waals surface area contributed by atoms with Gasteiger partial charge in [-0.1, -0.05) is 13.0 Å². The van der Waals surface area contributed by atoms with E-state index in [-0.39, 0.29) is 34.7 Å². The highest BCUT2D eigenvalue weighted by molar-refractivity contribution is 6.05. The molecule has 29 heavy (non-hydrogen) atoms. The summed E-state index contributed by atoms with van der Waals surface area (Å²) in [7, 11) is 0. The van der Waals surface area contributed by atoms with Crippen molar-refractivity contribution in [2.45, 2.75) is 46.4 Å². The van der Waals surface area contributed by atoms with Gasteiger partial charge in [0.05, 0.1) is 16.5 Å². The fraction of sp³-hybridized carbons (Fsp3) is 0.421. The number of benzene rings is 1. The monoisotopic (exact) mass is 400 g/mol. The zero-order valence-electron chi connectivity index (χ0n) is 16.7. The van der Waals surface area contributed by atoms with Crippen LogP contribution in [0, 0.1) is 29.9 Å². The average molecular weight is 400 g/mol. The van der Waals surface area contributed by atoms with Gasteiger partial charge in [0.15, 0.2) is 6.29 Å². The molecule has 3 N–H and O–H groups in total. The Hall–Kier alpha value is -3.27. The molecule has 0 spiro atoms. The molecule has 2 heterocycles. The Labute approximate surface area is 167 Å². The molecule has 154 valence electrons. The number of nitrogens with one attached hydrogen (secondary N) is 3. The quantitative estimate of drug-likeness (QED) is 0.521. The minimum absolute atomic E-state index is 0.0641. The second-order valence-corrected chi connectivity index (χ2v) is 7.16. The van der Waals surface area contributed by atoms with Crippen LogP contribution >= 0.6 is 0 Å². The lowest BCUT2D eigenvalue weighted by Crippen LogP contribution is -2.57. The Morgan fingerprint density at radius 1 is 1.38 bits per heavy atom. The molecule has 10 heteroatoms. The number of hydrogen-bond donors (Lipinski definition) is 3. The van der Waals surface area contributed by atoms with Gasteiger partial charge in [-0.25, -0.2) is 4.68 Å². The van der Waals surface area contributed by atoms with E-state index in [2.05, 4.69) is 21.0 Å². The van der Waals surface area contributed by atoms with Crippen LogP contribution in [-0.2, 0) is 4.79 Å². The van der Waals surface area contributed by atoms with Crippen molar-refractivity contribution in [3.63, 3.8) is 0 Å². The van der Waals surface area contributed by atoms with E-state index in [0.29, 0.717) is 17.9 Å². The third-order valence-electron chi connectivity index (χ3n) is 5.17. The lowest BCUT2D eigenvalue weighted by atomic mass is 9.95. The van der Waals surface area contributed by atoms with Crippen LogP contribution in [0.3, 0.4) is 0 Å². The Bertz CT molecular complexity index is 970. The van der Waals surface area contributed by atoms with Crippen molar-refractivity contribution in [2.24, 2.45) is 5.92 Å². The van der Waals surface area contributed by atoms with Gasteiger partial charge in [-0.05, 0) is 33.3 Å². The van der Waals surface area contributed by atoms with Crippen LogP contribution in [-0.4, -0.2) is 32.6 Å². The molecule has 1 saturated heterocycles. The summed E-state index contributed by atoms with van der Waals surface area (Å²) in [6.07, 6.45) is 0.0936. The summed E-state index contributed by atoms with van der Waals surface area (Å²) < 4.78 is 1.50. The van der Waals surface area contributed by atoms with Crippen LogP contribution < -0.4 is 16.0 Å². The zero-order chi connectivity index (χ0) is 21.3. The normalized spacial score (nSPS) is 21.5. The molecule has 0 radical (unpaired) electrons. The molecule has 3 unspecified atom stereocenters. The summed E-state index contributed by atoms with van der Waals surface area (Å²) in [6, 6.07) is 5.96. The van der Waals surface area contributed by atoms with Gasteiger partial charge in [-0.3, -0.25) is 25.0 Å². The first-order chi connectivity index (χ1) is 13.7. The Balaban J connectivity index is 1.87. The molecule has 0 bridgehead atoms. The average Bonchev–Trinajstić information content (AvgIpc) is 3.01. The summed E-state index contributed by atoms with van der Waals surface area (Å²) in [5.74, 6) is -0.343. The number of carbonyl (C=O) groups excluding carboxylic acids is 2. The largest absolute Gasteiger partial charge is 0.322 e. The van der Waals surface area contributed by atoms with Crippen LogP contribution in [0.15, 0.2) is 24.3 Å². The number of nitro groups is 1. The maximum absolute atomic E-state index is 12.8. The Kier molecular flexibility index (Phi) is 5.64. The van der Waals surface area contributed by atoms with Gasteiger partial charge in [0, 0.05) is 29.3 Å². The minimum Gasteiger partial charge on any atom is -0.322 e. The zero-order valence-corrected chi connectivity index (χ0v) is 16.7. The van der Waals surface area contributed by atoms with Crippen molar-refractivity contribution in [1.82, 2.24) is 20.4 Å². The summed E-state index contributed by atoms with van der Waals surface area (Å²) in [6.45, 7) is 7.19. The summed E-state index contributed by atoms with van der Waals surface area (Å²) in [5, 5.41) is 24.5. The molecule has 1 aliphatic heterocycles. The first kappa shape index (κ1) is 20.5. The number of aromatic nitrogens is 2. The smallest absolute Gasteiger partial charge is 0.273 e. The van der Waals surface area contributed by atoms with Crippen LogP contribution in [0.1, 0.15) is 48.2 Å². The van der Waals surface area contributed by atoms with Gasteiger partial charge in [-0.15, -0.1) is 0 Å². The number of anilines is 1. The van der Waals surface area contributed by atoms with E-state index in [4.69, 9.17) is 0 Å². The minimum atomic E-state index is -0.615. The van der Waals surface area contributed by atoms with Crippen LogP contribution in [0.2, 0.25) is 0 Å². The highest BCUT2D eigenvalue weighted by Crippen LogP contribution is 2.24. The molecule has 1 fully saturated rings. The summed E-state index contributed by atoms with van der Waals surface area (Å²) in [4.78, 5) is 35.8. The first-order valence-electron chi connectivity index (χ1n) is 9.40. The molecule has 10 nitrogen and oxygen atoms in total. The van der Waals surface area contributed by atoms with Gasteiger partial charge in [0.25, 0.3) is 11.6 Å². The molecule has 1 aliphatic rings. The number of rotatable bonds is 5. The molecule has 2 amide bonds. The first-order valence-corrected chi connectivity index (χ1v) is 9.40. The molecule has 1 aromatic carbocycles. The van der Waals surface area contributed by atoms with E-state index in [1.165, 1.54) is 29.8 Å². The number of hydrogen-bond acceptors (Lipinski definition) is 6. The Morgan fingerprint density at radius 2 is 2.10 bits per heavy atom. The van der Waals surface area contributed by atoms with Crippen molar-refractivity contribution >= 4 is 23.3 Å². The van der Waals surface area contributed by atoms with Crippen molar-refractivity contribution in [1.29, 1.82) is 0 Å². The van der Waals surface area contributed by atoms with E-state index in [9.17, 15) is 19.7 Å². The second kappa shape index (κ2) is 8.00. The van der Waals surface area contributed by atoms with Crippen molar-refractivity contribution in [3.8, 4) is 0 Å². The standard InChI is InChI=1S/C19H24N6O4/c1-5-13-12(4)20-19(22-17(13)26)24-16(9-10(2)23-24)21-18(27)14-7-6-8-15(11(14)3)25(28)29/h6-9,12-13,19-20H,5H2,1-4H3,(H,21,27)(H,22,26). The highest BCUT2D eigenvalue weighted by Gasteiger charge is 2.34. The second-order valence-electron chi connectivity index (χ2n) is 7.16. The maximum atomic E-state index is 12.8. The fourth-order valence-electron chi connectivity index (χ4n) is 3.60. The lowest BCUT2D eigenvalue weighted by molar-refractivity contribution is -0.385. The van der Waals surface area contributed by atoms with Gasteiger partial charge >= 0.3 is 0 Å². The van der Waals surface area contributed by atoms with Crippen LogP contribution in [0.4, 0.5) is 11.5 Å². The fourth-order valence-corrected chi connectivity index (χ4v) is 3.60. The predicted octanol–water partition coefficient (Wildman–Crippen LogP) is 2.25. The molecular formula is C19H24N6O4. The SMILES string of the molecule is CCC1C(=O)NC(n2nc(C)cc2NC(=O)c2cccc([N+](=O)[O-])c2C)NC1C. The topological polar surface area (TPSA) is 131 Å². The van der Waals surface area contributed by atoms with Gasteiger partial charge in [0.1, 0.15) is 5.82 Å². The number of amides is 2. The highest BCUT2D eigenvalue weighted by atomic mass is 16.6. The van der Waals surface area contributed by atoms with Crippen LogP contribution in [0.25, 0.3) is 0 Å². The summed E-state index contributed by atoms with van der Waals surface area (Å²) in [5.41, 5.74) is 1.01. The van der Waals surface area contributed by atoms with Gasteiger partial charge < -0.3 is 10.6 Å².